The largest absolute Gasteiger partial charge is 0.695 e. The summed E-state index contributed by atoms with van der Waals surface area (Å²) in [4.78, 5) is 28.9. The topological polar surface area (TPSA) is 104 Å². The van der Waals surface area contributed by atoms with Gasteiger partial charge in [-0.2, -0.15) is 0 Å². The molecule has 32 heavy (non-hydrogen) atoms. The van der Waals surface area contributed by atoms with Crippen molar-refractivity contribution in [2.75, 3.05) is 20.1 Å². The molecule has 1 aliphatic heterocycles. The van der Waals surface area contributed by atoms with Crippen molar-refractivity contribution in [2.45, 2.75) is 122 Å². The highest BCUT2D eigenvalue weighted by atomic mass is 31.1. The van der Waals surface area contributed by atoms with E-state index in [4.69, 9.17) is 19.3 Å². The molecular weight excluding hydrogens is 429 g/mol. The average molecular weight is 479 g/mol. The molecule has 0 radical (unpaired) electrons. The van der Waals surface area contributed by atoms with Crippen molar-refractivity contribution in [2.24, 2.45) is 0 Å². The lowest BCUT2D eigenvalue weighted by molar-refractivity contribution is -0.122. The van der Waals surface area contributed by atoms with E-state index in [1.165, 1.54) is 89.9 Å². The van der Waals surface area contributed by atoms with Crippen molar-refractivity contribution >= 4 is 21.0 Å². The molecule has 1 saturated heterocycles. The van der Waals surface area contributed by atoms with Crippen LogP contribution in [0.1, 0.15) is 116 Å². The highest BCUT2D eigenvalue weighted by Gasteiger charge is 2.28. The standard InChI is InChI=1S/C18H36O.C5H10NO3P.CH2O2/c1-2-3-4-5-6-7-8-9-10-11-12-13-14-15-16-17-18-19;1-6-3-2-5(4-6)9-10(7)8;2-1-3/h18H,2-17H2,1H3;5H,2-4H2,1H3;1H,(H,2,3)/p+1. The Morgan fingerprint density at radius 2 is 1.28 bits per heavy atom. The van der Waals surface area contributed by atoms with Crippen molar-refractivity contribution in [1.82, 2.24) is 4.90 Å². The monoisotopic (exact) mass is 478 g/mol. The van der Waals surface area contributed by atoms with Crippen LogP contribution >= 0.6 is 8.25 Å². The molecule has 1 fully saturated rings. The smallest absolute Gasteiger partial charge is 0.483 e. The van der Waals surface area contributed by atoms with Crippen molar-refractivity contribution in [1.29, 1.82) is 0 Å². The number of rotatable bonds is 18. The quantitative estimate of drug-likeness (QED) is 0.131. The molecule has 0 aromatic carbocycles. The highest BCUT2D eigenvalue weighted by molar-refractivity contribution is 7.32. The van der Waals surface area contributed by atoms with Gasteiger partial charge in [0.2, 0.25) is 0 Å². The lowest BCUT2D eigenvalue weighted by Crippen LogP contribution is -2.17. The Balaban J connectivity index is 0. The molecule has 1 rings (SSSR count). The maximum absolute atomic E-state index is 10.2. The van der Waals surface area contributed by atoms with Gasteiger partial charge in [-0.05, 0) is 19.9 Å². The number of unbranched alkanes of at least 4 members (excludes halogenated alkanes) is 15. The van der Waals surface area contributed by atoms with E-state index in [-0.39, 0.29) is 12.6 Å². The van der Waals surface area contributed by atoms with Crippen LogP contribution in [0.15, 0.2) is 0 Å². The number of hydrogen-bond acceptors (Lipinski definition) is 5. The Kier molecular flexibility index (Phi) is 29.3. The summed E-state index contributed by atoms with van der Waals surface area (Å²) in [7, 11) is -0.441. The third kappa shape index (κ3) is 29.1. The second-order valence-corrected chi connectivity index (χ2v) is 9.21. The molecule has 8 heteroatoms. The fourth-order valence-electron chi connectivity index (χ4n) is 3.71. The number of carboxylic acid groups (broad SMARTS) is 1. The maximum Gasteiger partial charge on any atom is 0.695 e. The summed E-state index contributed by atoms with van der Waals surface area (Å²) >= 11 is 0. The summed E-state index contributed by atoms with van der Waals surface area (Å²) in [6.07, 6.45) is 23.4. The molecule has 7 nitrogen and oxygen atoms in total. The van der Waals surface area contributed by atoms with Crippen LogP contribution in [0.25, 0.3) is 0 Å². The van der Waals surface area contributed by atoms with Gasteiger partial charge in [-0.3, -0.25) is 4.79 Å². The molecule has 1 heterocycles. The van der Waals surface area contributed by atoms with Crippen LogP contribution < -0.4 is 0 Å². The number of aldehydes is 1. The Bertz CT molecular complexity index is 425. The average Bonchev–Trinajstić information content (AvgIpc) is 3.16. The fraction of sp³-hybridized carbons (Fsp3) is 0.917. The molecular formula is C24H49NO6P+. The minimum absolute atomic E-state index is 0.0430. The Hall–Kier alpha value is -0.880. The minimum atomic E-state index is -2.41. The third-order valence-electron chi connectivity index (χ3n) is 5.51. The van der Waals surface area contributed by atoms with Gasteiger partial charge < -0.3 is 14.8 Å². The van der Waals surface area contributed by atoms with E-state index >= 15 is 0 Å². The number of likely N-dealkylation sites (tertiary alicyclic amines) is 1. The zero-order valence-corrected chi connectivity index (χ0v) is 21.5. The van der Waals surface area contributed by atoms with E-state index in [1.807, 2.05) is 7.05 Å². The Morgan fingerprint density at radius 3 is 1.59 bits per heavy atom. The first-order valence-corrected chi connectivity index (χ1v) is 13.7. The van der Waals surface area contributed by atoms with Gasteiger partial charge in [0.05, 0.1) is 0 Å². The molecule has 2 unspecified atom stereocenters. The van der Waals surface area contributed by atoms with Gasteiger partial charge in [-0.15, -0.1) is 9.42 Å². The van der Waals surface area contributed by atoms with E-state index in [0.717, 1.165) is 38.6 Å². The summed E-state index contributed by atoms with van der Waals surface area (Å²) in [6.45, 7) is 3.75. The van der Waals surface area contributed by atoms with Crippen LogP contribution in [0.3, 0.4) is 0 Å². The first-order valence-electron chi connectivity index (χ1n) is 12.5. The number of nitrogens with zero attached hydrogens (tertiary/aromatic N) is 1. The molecule has 0 spiro atoms. The molecule has 0 aromatic heterocycles. The molecule has 1 aliphatic rings. The third-order valence-corrected chi connectivity index (χ3v) is 5.99. The lowest BCUT2D eigenvalue weighted by Gasteiger charge is -2.03. The van der Waals surface area contributed by atoms with Gasteiger partial charge in [0.25, 0.3) is 6.47 Å². The van der Waals surface area contributed by atoms with Gasteiger partial charge in [-0.1, -0.05) is 96.8 Å². The summed E-state index contributed by atoms with van der Waals surface area (Å²) in [6, 6.07) is 0. The van der Waals surface area contributed by atoms with Crippen molar-refractivity contribution < 1.29 is 28.7 Å². The van der Waals surface area contributed by atoms with Crippen LogP contribution in [0.5, 0.6) is 0 Å². The van der Waals surface area contributed by atoms with E-state index in [1.54, 1.807) is 0 Å². The molecule has 2 N–H and O–H groups in total. The molecule has 0 saturated carbocycles. The van der Waals surface area contributed by atoms with E-state index in [2.05, 4.69) is 11.8 Å². The second kappa shape index (κ2) is 28.2. The lowest BCUT2D eigenvalue weighted by atomic mass is 10.0. The van der Waals surface area contributed by atoms with E-state index < -0.39 is 8.25 Å². The zero-order valence-electron chi connectivity index (χ0n) is 20.6. The van der Waals surface area contributed by atoms with Crippen LogP contribution in [0.4, 0.5) is 0 Å². The normalized spacial score (nSPS) is 15.8. The van der Waals surface area contributed by atoms with Crippen molar-refractivity contribution in [3.05, 3.63) is 0 Å². The maximum atomic E-state index is 10.2. The van der Waals surface area contributed by atoms with Gasteiger partial charge in [0.1, 0.15) is 12.4 Å². The molecule has 190 valence electrons. The first kappa shape index (κ1) is 33.3. The molecule has 0 aliphatic carbocycles. The van der Waals surface area contributed by atoms with E-state index in [9.17, 15) is 9.36 Å². The summed E-state index contributed by atoms with van der Waals surface area (Å²) < 4.78 is 14.9. The highest BCUT2D eigenvalue weighted by Crippen LogP contribution is 2.23. The summed E-state index contributed by atoms with van der Waals surface area (Å²) in [5.41, 5.74) is 0. The predicted octanol–water partition coefficient (Wildman–Crippen LogP) is 6.50. The van der Waals surface area contributed by atoms with Crippen molar-refractivity contribution in [3.63, 3.8) is 0 Å². The molecule has 0 aromatic rings. The van der Waals surface area contributed by atoms with Gasteiger partial charge in [0.15, 0.2) is 0 Å². The van der Waals surface area contributed by atoms with Crippen LogP contribution in [-0.4, -0.2) is 53.9 Å². The first-order chi connectivity index (χ1) is 15.5. The van der Waals surface area contributed by atoms with Gasteiger partial charge in [-0.25, -0.2) is 0 Å². The second-order valence-electron chi connectivity index (χ2n) is 8.53. The van der Waals surface area contributed by atoms with Crippen LogP contribution in [-0.2, 0) is 18.7 Å². The molecule has 0 amide bonds. The molecule has 0 bridgehead atoms. The fourth-order valence-corrected chi connectivity index (χ4v) is 4.13. The van der Waals surface area contributed by atoms with E-state index in [0.29, 0.717) is 0 Å². The summed E-state index contributed by atoms with van der Waals surface area (Å²) in [5.74, 6) is 0. The molecule has 2 atom stereocenters. The van der Waals surface area contributed by atoms with Gasteiger partial charge in [0, 0.05) is 24.1 Å². The number of carbonyl (C=O) groups excluding carboxylic acids is 1. The predicted molar refractivity (Wildman–Crippen MR) is 131 cm³/mol. The van der Waals surface area contributed by atoms with Crippen LogP contribution in [0, 0.1) is 0 Å². The SMILES string of the molecule is CCCCCCCCCCCCCCCCCC=O.CN1CCC(O[P+](=O)O)C1.O=CO. The number of hydrogen-bond donors (Lipinski definition) is 2. The van der Waals surface area contributed by atoms with Gasteiger partial charge >= 0.3 is 8.25 Å². The summed E-state index contributed by atoms with van der Waals surface area (Å²) in [5, 5.41) is 6.89. The Labute approximate surface area is 197 Å². The zero-order chi connectivity index (χ0) is 24.3. The van der Waals surface area contributed by atoms with Crippen molar-refractivity contribution in [3.8, 4) is 0 Å². The Morgan fingerprint density at radius 1 is 0.875 bits per heavy atom. The number of likely N-dealkylation sites (N-methyl/N-ethyl adjacent to an activating group) is 1. The number of carbonyl (C=O) groups is 2. The van der Waals surface area contributed by atoms with Crippen LogP contribution in [0.2, 0.25) is 0 Å². The minimum Gasteiger partial charge on any atom is -0.483 e.